The van der Waals surface area contributed by atoms with Crippen molar-refractivity contribution >= 4 is 40.0 Å². The van der Waals surface area contributed by atoms with E-state index in [9.17, 15) is 19.2 Å². The largest absolute Gasteiger partial charge is 0.496 e. The SMILES string of the molecule is COc1cc(-c2cn(C)c(=O)c3cnc(N4CCC4)cc23)cc(OC)c1C1CCN(c2ccc3c(c2)C(=O)N(C2CCC(=O)NC2=O)C3)CC1. The molecule has 3 fully saturated rings. The van der Waals surface area contributed by atoms with Crippen molar-refractivity contribution in [2.24, 2.45) is 7.05 Å². The van der Waals surface area contributed by atoms with E-state index >= 15 is 0 Å². The number of aryl methyl sites for hydroxylation is 1. The van der Waals surface area contributed by atoms with Crippen LogP contribution in [0.15, 0.2) is 53.6 Å². The second-order valence-electron chi connectivity index (χ2n) is 13.7. The zero-order chi connectivity index (χ0) is 34.7. The fourth-order valence-corrected chi connectivity index (χ4v) is 7.96. The van der Waals surface area contributed by atoms with E-state index in [0.717, 1.165) is 96.1 Å². The molecule has 1 N–H and O–H groups in total. The average Bonchev–Trinajstić information content (AvgIpc) is 3.43. The summed E-state index contributed by atoms with van der Waals surface area (Å²) in [5.74, 6) is 1.68. The molecule has 0 bridgehead atoms. The van der Waals surface area contributed by atoms with Crippen molar-refractivity contribution in [2.75, 3.05) is 50.2 Å². The lowest BCUT2D eigenvalue weighted by molar-refractivity contribution is -0.136. The van der Waals surface area contributed by atoms with Crippen molar-refractivity contribution in [2.45, 2.75) is 50.6 Å². The van der Waals surface area contributed by atoms with Crippen LogP contribution >= 0.6 is 0 Å². The van der Waals surface area contributed by atoms with Gasteiger partial charge in [-0.2, -0.15) is 0 Å². The molecule has 4 aliphatic heterocycles. The molecule has 12 nitrogen and oxygen atoms in total. The van der Waals surface area contributed by atoms with Gasteiger partial charge in [-0.15, -0.1) is 0 Å². The van der Waals surface area contributed by atoms with Gasteiger partial charge in [-0.3, -0.25) is 24.5 Å². The molecule has 4 aromatic rings. The van der Waals surface area contributed by atoms with Crippen molar-refractivity contribution in [3.05, 3.63) is 75.8 Å². The maximum absolute atomic E-state index is 13.4. The molecular weight excluding hydrogens is 636 g/mol. The summed E-state index contributed by atoms with van der Waals surface area (Å²) >= 11 is 0. The number of imide groups is 1. The minimum Gasteiger partial charge on any atom is -0.496 e. The van der Waals surface area contributed by atoms with Gasteiger partial charge in [0.25, 0.3) is 11.5 Å². The molecule has 6 heterocycles. The highest BCUT2D eigenvalue weighted by molar-refractivity contribution is 6.05. The summed E-state index contributed by atoms with van der Waals surface area (Å²) in [5, 5.41) is 3.79. The Hall–Kier alpha value is -5.39. The minimum absolute atomic E-state index is 0.0897. The molecule has 12 heteroatoms. The van der Waals surface area contributed by atoms with Gasteiger partial charge in [0.05, 0.1) is 19.6 Å². The Morgan fingerprint density at radius 3 is 2.24 bits per heavy atom. The first kappa shape index (κ1) is 31.9. The van der Waals surface area contributed by atoms with Gasteiger partial charge >= 0.3 is 0 Å². The molecule has 258 valence electrons. The van der Waals surface area contributed by atoms with Gasteiger partial charge in [0.15, 0.2) is 0 Å². The van der Waals surface area contributed by atoms with Gasteiger partial charge in [-0.25, -0.2) is 4.98 Å². The summed E-state index contributed by atoms with van der Waals surface area (Å²) in [6.07, 6.45) is 6.99. The Kier molecular flexibility index (Phi) is 7.96. The number of hydrogen-bond donors (Lipinski definition) is 1. The van der Waals surface area contributed by atoms with E-state index in [1.165, 1.54) is 0 Å². The van der Waals surface area contributed by atoms with E-state index in [1.807, 2.05) is 36.5 Å². The highest BCUT2D eigenvalue weighted by Gasteiger charge is 2.39. The molecule has 0 aliphatic carbocycles. The summed E-state index contributed by atoms with van der Waals surface area (Å²) in [6.45, 7) is 3.84. The van der Waals surface area contributed by atoms with E-state index in [0.29, 0.717) is 23.9 Å². The molecule has 1 atom stereocenters. The number of amides is 3. The topological polar surface area (TPSA) is 126 Å². The first-order chi connectivity index (χ1) is 24.2. The fourth-order valence-electron chi connectivity index (χ4n) is 7.96. The van der Waals surface area contributed by atoms with Crippen molar-refractivity contribution in [3.8, 4) is 22.6 Å². The lowest BCUT2D eigenvalue weighted by Gasteiger charge is -2.35. The molecule has 3 saturated heterocycles. The van der Waals surface area contributed by atoms with Crippen LogP contribution in [0.3, 0.4) is 0 Å². The third-order valence-corrected chi connectivity index (χ3v) is 10.9. The van der Waals surface area contributed by atoms with Crippen LogP contribution in [0.5, 0.6) is 11.5 Å². The molecule has 8 rings (SSSR count). The maximum Gasteiger partial charge on any atom is 0.259 e. The lowest BCUT2D eigenvalue weighted by Crippen LogP contribution is -2.52. The smallest absolute Gasteiger partial charge is 0.259 e. The van der Waals surface area contributed by atoms with E-state index in [1.54, 1.807) is 36.9 Å². The molecular formula is C38H40N6O6. The Morgan fingerprint density at radius 1 is 0.840 bits per heavy atom. The Morgan fingerprint density at radius 2 is 1.58 bits per heavy atom. The molecule has 0 radical (unpaired) electrons. The summed E-state index contributed by atoms with van der Waals surface area (Å²) in [4.78, 5) is 61.4. The monoisotopic (exact) mass is 676 g/mol. The maximum atomic E-state index is 13.4. The Bertz CT molecular complexity index is 2090. The normalized spacial score (nSPS) is 19.5. The second kappa shape index (κ2) is 12.5. The third kappa shape index (κ3) is 5.33. The first-order valence-corrected chi connectivity index (χ1v) is 17.3. The van der Waals surface area contributed by atoms with Crippen LogP contribution in [0.4, 0.5) is 11.5 Å². The fraction of sp³-hybridized carbons (Fsp3) is 0.395. The number of pyridine rings is 2. The number of rotatable bonds is 7. The standard InChI is InChI=1S/C38H40N6O6/c1-41-21-29(27-18-33(43-11-4-12-43)39-19-28(27)37(41)47)24-15-31(49-2)35(32(16-24)50-3)22-9-13-42(14-10-22)25-6-5-23-20-44(38(48)26(23)17-25)30-7-8-34(45)40-36(30)46/h5-6,15-19,21-22,30H,4,7-14,20H2,1-3H3,(H,40,45,46). The summed E-state index contributed by atoms with van der Waals surface area (Å²) in [7, 11) is 5.12. The molecule has 1 unspecified atom stereocenters. The van der Waals surface area contributed by atoms with E-state index in [-0.39, 0.29) is 29.7 Å². The van der Waals surface area contributed by atoms with E-state index < -0.39 is 11.9 Å². The molecule has 4 aliphatic rings. The average molecular weight is 677 g/mol. The Balaban J connectivity index is 1.04. The Labute approximate surface area is 289 Å². The zero-order valence-corrected chi connectivity index (χ0v) is 28.5. The van der Waals surface area contributed by atoms with Crippen LogP contribution in [-0.4, -0.2) is 78.6 Å². The van der Waals surface area contributed by atoms with Crippen molar-refractivity contribution in [1.29, 1.82) is 0 Å². The number of hydrogen-bond acceptors (Lipinski definition) is 9. The number of nitrogens with zero attached hydrogens (tertiary/aromatic N) is 5. The molecule has 2 aromatic heterocycles. The molecule has 2 aromatic carbocycles. The number of piperidine rings is 2. The molecule has 0 spiro atoms. The predicted octanol–water partition coefficient (Wildman–Crippen LogP) is 3.97. The van der Waals surface area contributed by atoms with Crippen molar-refractivity contribution < 1.29 is 23.9 Å². The molecule has 0 saturated carbocycles. The number of methoxy groups -OCH3 is 2. The van der Waals surface area contributed by atoms with Crippen LogP contribution in [0, 0.1) is 0 Å². The first-order valence-electron chi connectivity index (χ1n) is 17.3. The van der Waals surface area contributed by atoms with Gasteiger partial charge in [-0.1, -0.05) is 6.07 Å². The van der Waals surface area contributed by atoms with Crippen molar-refractivity contribution in [3.63, 3.8) is 0 Å². The number of carbonyl (C=O) groups excluding carboxylic acids is 3. The lowest BCUT2D eigenvalue weighted by atomic mass is 9.86. The third-order valence-electron chi connectivity index (χ3n) is 10.9. The molecule has 3 amide bonds. The van der Waals surface area contributed by atoms with Gasteiger partial charge in [-0.05, 0) is 73.1 Å². The highest BCUT2D eigenvalue weighted by atomic mass is 16.5. The number of benzene rings is 2. The van der Waals surface area contributed by atoms with Crippen LogP contribution in [0.25, 0.3) is 21.9 Å². The number of fused-ring (bicyclic) bond motifs is 2. The number of carbonyl (C=O) groups is 3. The predicted molar refractivity (Wildman–Crippen MR) is 189 cm³/mol. The summed E-state index contributed by atoms with van der Waals surface area (Å²) in [5.41, 5.74) is 5.23. The molecule has 50 heavy (non-hydrogen) atoms. The number of nitrogens with one attached hydrogen (secondary N) is 1. The van der Waals surface area contributed by atoms with Crippen LogP contribution < -0.4 is 30.1 Å². The van der Waals surface area contributed by atoms with Gasteiger partial charge in [0, 0.05) is 86.3 Å². The number of ether oxygens (including phenoxy) is 2. The van der Waals surface area contributed by atoms with E-state index in [4.69, 9.17) is 9.47 Å². The number of aromatic nitrogens is 2. The van der Waals surface area contributed by atoms with Gasteiger partial charge in [0.1, 0.15) is 23.4 Å². The van der Waals surface area contributed by atoms with Gasteiger partial charge < -0.3 is 28.7 Å². The highest BCUT2D eigenvalue weighted by Crippen LogP contribution is 2.45. The summed E-state index contributed by atoms with van der Waals surface area (Å²) in [6, 6.07) is 11.5. The van der Waals surface area contributed by atoms with Crippen LogP contribution in [0.1, 0.15) is 59.5 Å². The zero-order valence-electron chi connectivity index (χ0n) is 28.5. The summed E-state index contributed by atoms with van der Waals surface area (Å²) < 4.78 is 13.7. The van der Waals surface area contributed by atoms with E-state index in [2.05, 4.69) is 26.2 Å². The minimum atomic E-state index is -0.629. The van der Waals surface area contributed by atoms with Crippen LogP contribution in [0.2, 0.25) is 0 Å². The second-order valence-corrected chi connectivity index (χ2v) is 13.7. The quantitative estimate of drug-likeness (QED) is 0.290. The van der Waals surface area contributed by atoms with Crippen molar-refractivity contribution in [1.82, 2.24) is 19.8 Å². The van der Waals surface area contributed by atoms with Crippen LogP contribution in [-0.2, 0) is 23.2 Å². The number of anilines is 2. The van der Waals surface area contributed by atoms with Gasteiger partial charge in [0.2, 0.25) is 11.8 Å².